The Morgan fingerprint density at radius 2 is 2.16 bits per heavy atom. The van der Waals surface area contributed by atoms with Gasteiger partial charge in [-0.25, -0.2) is 4.39 Å². The third-order valence-corrected chi connectivity index (χ3v) is 3.05. The van der Waals surface area contributed by atoms with Crippen molar-refractivity contribution in [2.45, 2.75) is 25.6 Å². The summed E-state index contributed by atoms with van der Waals surface area (Å²) >= 11 is 0. The molecule has 1 aromatic carbocycles. The van der Waals surface area contributed by atoms with Gasteiger partial charge >= 0.3 is 0 Å². The van der Waals surface area contributed by atoms with Crippen molar-refractivity contribution >= 4 is 5.91 Å². The van der Waals surface area contributed by atoms with E-state index in [2.05, 4.69) is 5.32 Å². The largest absolute Gasteiger partial charge is 0.352 e. The van der Waals surface area contributed by atoms with Gasteiger partial charge in [0.1, 0.15) is 5.82 Å². The van der Waals surface area contributed by atoms with Crippen molar-refractivity contribution in [2.75, 3.05) is 19.8 Å². The summed E-state index contributed by atoms with van der Waals surface area (Å²) in [7, 11) is 0. The van der Waals surface area contributed by atoms with Crippen LogP contribution >= 0.6 is 0 Å². The summed E-state index contributed by atoms with van der Waals surface area (Å²) in [4.78, 5) is 11.8. The van der Waals surface area contributed by atoms with Crippen LogP contribution in [0, 0.1) is 5.82 Å². The second kappa shape index (κ2) is 6.12. The molecule has 104 valence electrons. The van der Waals surface area contributed by atoms with Crippen LogP contribution in [0.5, 0.6) is 0 Å². The first kappa shape index (κ1) is 14.0. The average molecular weight is 267 g/mol. The van der Waals surface area contributed by atoms with Crippen molar-refractivity contribution < 1.29 is 18.7 Å². The van der Waals surface area contributed by atoms with Crippen molar-refractivity contribution in [1.29, 1.82) is 0 Å². The third kappa shape index (κ3) is 4.01. The Morgan fingerprint density at radius 3 is 2.84 bits per heavy atom. The van der Waals surface area contributed by atoms with Gasteiger partial charge in [-0.3, -0.25) is 4.79 Å². The lowest BCUT2D eigenvalue weighted by Gasteiger charge is -2.33. The monoisotopic (exact) mass is 267 g/mol. The second-order valence-corrected chi connectivity index (χ2v) is 4.70. The van der Waals surface area contributed by atoms with Crippen molar-refractivity contribution in [2.24, 2.45) is 0 Å². The molecule has 0 bridgehead atoms. The van der Waals surface area contributed by atoms with Crippen LogP contribution in [0.2, 0.25) is 0 Å². The lowest BCUT2D eigenvalue weighted by molar-refractivity contribution is -0.257. The number of amides is 1. The SMILES string of the molecule is CC1(CCNC(=O)c2cccc(F)c2)OCCCO1. The summed E-state index contributed by atoms with van der Waals surface area (Å²) in [5.74, 6) is -1.34. The zero-order chi connectivity index (χ0) is 13.7. The van der Waals surface area contributed by atoms with E-state index in [9.17, 15) is 9.18 Å². The molecule has 0 aromatic heterocycles. The molecule has 5 heteroatoms. The number of benzene rings is 1. The van der Waals surface area contributed by atoms with Crippen molar-refractivity contribution in [3.05, 3.63) is 35.6 Å². The average Bonchev–Trinajstić information content (AvgIpc) is 2.39. The first-order valence-electron chi connectivity index (χ1n) is 6.41. The molecule has 0 aliphatic carbocycles. The first-order chi connectivity index (χ1) is 9.09. The summed E-state index contributed by atoms with van der Waals surface area (Å²) in [6.07, 6.45) is 1.46. The molecule has 19 heavy (non-hydrogen) atoms. The predicted octanol–water partition coefficient (Wildman–Crippen LogP) is 2.10. The van der Waals surface area contributed by atoms with Crippen LogP contribution in [0.1, 0.15) is 30.1 Å². The van der Waals surface area contributed by atoms with Crippen LogP contribution in [0.15, 0.2) is 24.3 Å². The van der Waals surface area contributed by atoms with E-state index >= 15 is 0 Å². The summed E-state index contributed by atoms with van der Waals surface area (Å²) in [5, 5.41) is 2.73. The molecule has 1 aromatic rings. The number of carbonyl (C=O) groups excluding carboxylic acids is 1. The molecule has 0 atom stereocenters. The van der Waals surface area contributed by atoms with Crippen molar-refractivity contribution in [3.63, 3.8) is 0 Å². The molecule has 0 spiro atoms. The molecule has 1 fully saturated rings. The van der Waals surface area contributed by atoms with E-state index in [4.69, 9.17) is 9.47 Å². The van der Waals surface area contributed by atoms with Gasteiger partial charge in [-0.2, -0.15) is 0 Å². The minimum Gasteiger partial charge on any atom is -0.352 e. The van der Waals surface area contributed by atoms with Crippen LogP contribution in [0.3, 0.4) is 0 Å². The molecule has 0 unspecified atom stereocenters. The van der Waals surface area contributed by atoms with Gasteiger partial charge in [-0.05, 0) is 31.5 Å². The van der Waals surface area contributed by atoms with Gasteiger partial charge < -0.3 is 14.8 Å². The molecule has 1 N–H and O–H groups in total. The van der Waals surface area contributed by atoms with Gasteiger partial charge in [-0.1, -0.05) is 6.07 Å². The molecule has 0 radical (unpaired) electrons. The standard InChI is InChI=1S/C14H18FNO3/c1-14(18-8-3-9-19-14)6-7-16-13(17)11-4-2-5-12(15)10-11/h2,4-5,10H,3,6-9H2,1H3,(H,16,17). The van der Waals surface area contributed by atoms with Gasteiger partial charge in [0, 0.05) is 18.5 Å². The van der Waals surface area contributed by atoms with Gasteiger partial charge in [0.05, 0.1) is 13.2 Å². The Balaban J connectivity index is 1.80. The van der Waals surface area contributed by atoms with E-state index in [0.717, 1.165) is 6.42 Å². The maximum Gasteiger partial charge on any atom is 0.251 e. The summed E-state index contributed by atoms with van der Waals surface area (Å²) in [6.45, 7) is 3.63. The number of carbonyl (C=O) groups is 1. The third-order valence-electron chi connectivity index (χ3n) is 3.05. The van der Waals surface area contributed by atoms with Gasteiger partial charge in [0.15, 0.2) is 5.79 Å². The number of ether oxygens (including phenoxy) is 2. The van der Waals surface area contributed by atoms with Crippen LogP contribution in [-0.2, 0) is 9.47 Å². The highest BCUT2D eigenvalue weighted by molar-refractivity contribution is 5.94. The number of nitrogens with one attached hydrogen (secondary N) is 1. The maximum absolute atomic E-state index is 13.0. The zero-order valence-corrected chi connectivity index (χ0v) is 10.9. The number of rotatable bonds is 4. The molecular weight excluding hydrogens is 249 g/mol. The molecule has 2 rings (SSSR count). The van der Waals surface area contributed by atoms with Crippen LogP contribution in [0.25, 0.3) is 0 Å². The fraction of sp³-hybridized carbons (Fsp3) is 0.500. The summed E-state index contributed by atoms with van der Waals surface area (Å²) < 4.78 is 24.1. The Hall–Kier alpha value is -1.46. The molecule has 1 amide bonds. The quantitative estimate of drug-likeness (QED) is 0.908. The maximum atomic E-state index is 13.0. The summed E-state index contributed by atoms with van der Waals surface area (Å²) in [5.41, 5.74) is 0.315. The normalized spacial score (nSPS) is 18.0. The van der Waals surface area contributed by atoms with Crippen molar-refractivity contribution in [1.82, 2.24) is 5.32 Å². The number of hydrogen-bond donors (Lipinski definition) is 1. The van der Waals surface area contributed by atoms with E-state index < -0.39 is 11.6 Å². The van der Waals surface area contributed by atoms with Crippen LogP contribution in [-0.4, -0.2) is 31.5 Å². The minimum absolute atomic E-state index is 0.293. The number of hydrogen-bond acceptors (Lipinski definition) is 3. The Bertz CT molecular complexity index is 444. The molecule has 1 aliphatic heterocycles. The van der Waals surface area contributed by atoms with Gasteiger partial charge in [0.2, 0.25) is 0 Å². The highest BCUT2D eigenvalue weighted by atomic mass is 19.1. The summed E-state index contributed by atoms with van der Waals surface area (Å²) in [6, 6.07) is 5.61. The topological polar surface area (TPSA) is 47.6 Å². The van der Waals surface area contributed by atoms with E-state index in [-0.39, 0.29) is 5.91 Å². The van der Waals surface area contributed by atoms with E-state index in [1.54, 1.807) is 6.07 Å². The minimum atomic E-state index is -0.631. The Labute approximate surface area is 111 Å². The molecule has 4 nitrogen and oxygen atoms in total. The lowest BCUT2D eigenvalue weighted by atomic mass is 10.1. The van der Waals surface area contributed by atoms with E-state index in [0.29, 0.717) is 31.7 Å². The van der Waals surface area contributed by atoms with E-state index in [1.165, 1.54) is 18.2 Å². The molecule has 1 saturated heterocycles. The fourth-order valence-corrected chi connectivity index (χ4v) is 1.96. The highest BCUT2D eigenvalue weighted by Gasteiger charge is 2.28. The smallest absolute Gasteiger partial charge is 0.251 e. The van der Waals surface area contributed by atoms with E-state index in [1.807, 2.05) is 6.92 Å². The first-order valence-corrected chi connectivity index (χ1v) is 6.41. The Morgan fingerprint density at radius 1 is 1.42 bits per heavy atom. The zero-order valence-electron chi connectivity index (χ0n) is 10.9. The lowest BCUT2D eigenvalue weighted by Crippen LogP contribution is -2.40. The molecule has 1 heterocycles. The van der Waals surface area contributed by atoms with Crippen LogP contribution < -0.4 is 5.32 Å². The van der Waals surface area contributed by atoms with Gasteiger partial charge in [-0.15, -0.1) is 0 Å². The van der Waals surface area contributed by atoms with Crippen LogP contribution in [0.4, 0.5) is 4.39 Å². The Kier molecular flexibility index (Phi) is 4.50. The van der Waals surface area contributed by atoms with Crippen molar-refractivity contribution in [3.8, 4) is 0 Å². The number of halogens is 1. The fourth-order valence-electron chi connectivity index (χ4n) is 1.96. The van der Waals surface area contributed by atoms with Gasteiger partial charge in [0.25, 0.3) is 5.91 Å². The molecule has 1 aliphatic rings. The second-order valence-electron chi connectivity index (χ2n) is 4.70. The highest BCUT2D eigenvalue weighted by Crippen LogP contribution is 2.21. The molecule has 0 saturated carbocycles. The predicted molar refractivity (Wildman–Crippen MR) is 68.3 cm³/mol. The molecular formula is C14H18FNO3.